The van der Waals surface area contributed by atoms with Crippen molar-refractivity contribution in [1.29, 1.82) is 0 Å². The van der Waals surface area contributed by atoms with Crippen molar-refractivity contribution in [2.45, 2.75) is 12.8 Å². The fourth-order valence-corrected chi connectivity index (χ4v) is 3.21. The summed E-state index contributed by atoms with van der Waals surface area (Å²) < 4.78 is 0. The molecule has 0 saturated carbocycles. The molecule has 4 heteroatoms. The molecule has 0 aliphatic carbocycles. The Morgan fingerprint density at radius 2 is 2.14 bits per heavy atom. The van der Waals surface area contributed by atoms with Gasteiger partial charge in [-0.05, 0) is 18.6 Å². The molecule has 0 radical (unpaired) electrons. The summed E-state index contributed by atoms with van der Waals surface area (Å²) >= 11 is 1.93. The normalized spacial score (nSPS) is 28.9. The van der Waals surface area contributed by atoms with E-state index in [0.29, 0.717) is 11.8 Å². The highest BCUT2D eigenvalue weighted by Crippen LogP contribution is 2.24. The van der Waals surface area contributed by atoms with Crippen molar-refractivity contribution >= 4 is 17.7 Å². The fourth-order valence-electron chi connectivity index (χ4n) is 2.08. The number of nitrogens with one attached hydrogen (secondary N) is 1. The number of piperazine rings is 1. The van der Waals surface area contributed by atoms with Gasteiger partial charge in [-0.1, -0.05) is 0 Å². The molecule has 1 N–H and O–H groups in total. The van der Waals surface area contributed by atoms with Crippen LogP contribution in [0.4, 0.5) is 0 Å². The Kier molecular flexibility index (Phi) is 3.70. The van der Waals surface area contributed by atoms with Crippen LogP contribution in [-0.4, -0.2) is 48.5 Å². The molecule has 1 atom stereocenters. The van der Waals surface area contributed by atoms with Crippen molar-refractivity contribution < 1.29 is 4.79 Å². The quantitative estimate of drug-likeness (QED) is 0.692. The molecular formula is C10H18N2OS. The number of carbonyl (C=O) groups is 1. The zero-order valence-electron chi connectivity index (χ0n) is 8.50. The van der Waals surface area contributed by atoms with E-state index < -0.39 is 0 Å². The lowest BCUT2D eigenvalue weighted by molar-refractivity contribution is -0.135. The standard InChI is InChI=1S/C10H18N2OS/c13-10(9-2-1-7-14-8-9)12-5-3-11-4-6-12/h9,11H,1-8H2. The molecule has 1 amide bonds. The van der Waals surface area contributed by atoms with Gasteiger partial charge in [-0.3, -0.25) is 4.79 Å². The molecule has 2 rings (SSSR count). The average Bonchev–Trinajstić information content (AvgIpc) is 2.30. The van der Waals surface area contributed by atoms with Gasteiger partial charge in [0, 0.05) is 37.8 Å². The van der Waals surface area contributed by atoms with E-state index in [2.05, 4.69) is 5.32 Å². The van der Waals surface area contributed by atoms with Crippen LogP contribution in [0.25, 0.3) is 0 Å². The first-order valence-corrected chi connectivity index (χ1v) is 6.60. The van der Waals surface area contributed by atoms with Gasteiger partial charge in [0.2, 0.25) is 5.91 Å². The second-order valence-corrected chi connectivity index (χ2v) is 5.14. The van der Waals surface area contributed by atoms with Crippen molar-refractivity contribution in [1.82, 2.24) is 10.2 Å². The number of carbonyl (C=O) groups excluding carboxylic acids is 1. The lowest BCUT2D eigenvalue weighted by Gasteiger charge is -2.32. The third-order valence-electron chi connectivity index (χ3n) is 2.94. The molecule has 0 aromatic carbocycles. The van der Waals surface area contributed by atoms with Crippen LogP contribution in [0.5, 0.6) is 0 Å². The minimum atomic E-state index is 0.312. The molecule has 14 heavy (non-hydrogen) atoms. The van der Waals surface area contributed by atoms with E-state index in [1.807, 2.05) is 16.7 Å². The number of thioether (sulfide) groups is 1. The van der Waals surface area contributed by atoms with Crippen LogP contribution in [0, 0.1) is 5.92 Å². The van der Waals surface area contributed by atoms with Crippen LogP contribution in [0.2, 0.25) is 0 Å². The van der Waals surface area contributed by atoms with Crippen LogP contribution in [0.3, 0.4) is 0 Å². The summed E-state index contributed by atoms with van der Waals surface area (Å²) in [5, 5.41) is 3.27. The third kappa shape index (κ3) is 2.42. The molecule has 2 aliphatic rings. The molecule has 2 fully saturated rings. The summed E-state index contributed by atoms with van der Waals surface area (Å²) in [5.41, 5.74) is 0. The number of hydrogen-bond donors (Lipinski definition) is 1. The number of nitrogens with zero attached hydrogens (tertiary/aromatic N) is 1. The zero-order chi connectivity index (χ0) is 9.80. The SMILES string of the molecule is O=C(C1CCCSC1)N1CCNCC1. The Balaban J connectivity index is 1.85. The fraction of sp³-hybridized carbons (Fsp3) is 0.900. The Morgan fingerprint density at radius 3 is 2.79 bits per heavy atom. The summed E-state index contributed by atoms with van der Waals surface area (Å²) in [6, 6.07) is 0. The van der Waals surface area contributed by atoms with Gasteiger partial charge < -0.3 is 10.2 Å². The topological polar surface area (TPSA) is 32.3 Å². The Hall–Kier alpha value is -0.220. The zero-order valence-corrected chi connectivity index (χ0v) is 9.31. The molecule has 0 spiro atoms. The molecule has 2 saturated heterocycles. The van der Waals surface area contributed by atoms with Gasteiger partial charge in [-0.15, -0.1) is 0 Å². The van der Waals surface area contributed by atoms with Crippen LogP contribution < -0.4 is 5.32 Å². The van der Waals surface area contributed by atoms with Crippen molar-refractivity contribution in [3.05, 3.63) is 0 Å². The molecular weight excluding hydrogens is 196 g/mol. The molecule has 2 aliphatic heterocycles. The Labute approximate surface area is 89.6 Å². The first-order chi connectivity index (χ1) is 6.88. The molecule has 0 aromatic rings. The molecule has 1 unspecified atom stereocenters. The Bertz CT molecular complexity index is 178. The van der Waals surface area contributed by atoms with E-state index in [4.69, 9.17) is 0 Å². The second-order valence-electron chi connectivity index (χ2n) is 3.99. The summed E-state index contributed by atoms with van der Waals surface area (Å²) in [6.07, 6.45) is 2.32. The van der Waals surface area contributed by atoms with E-state index >= 15 is 0 Å². The number of amides is 1. The predicted molar refractivity (Wildman–Crippen MR) is 59.5 cm³/mol. The van der Waals surface area contributed by atoms with Crippen molar-refractivity contribution in [3.8, 4) is 0 Å². The highest BCUT2D eigenvalue weighted by Gasteiger charge is 2.26. The number of rotatable bonds is 1. The summed E-state index contributed by atoms with van der Waals surface area (Å²) in [7, 11) is 0. The first kappa shape index (κ1) is 10.3. The summed E-state index contributed by atoms with van der Waals surface area (Å²) in [4.78, 5) is 14.1. The second kappa shape index (κ2) is 5.03. The van der Waals surface area contributed by atoms with Crippen molar-refractivity contribution in [2.24, 2.45) is 5.92 Å². The number of hydrogen-bond acceptors (Lipinski definition) is 3. The molecule has 0 aromatic heterocycles. The van der Waals surface area contributed by atoms with Crippen molar-refractivity contribution in [2.75, 3.05) is 37.7 Å². The van der Waals surface area contributed by atoms with Crippen LogP contribution >= 0.6 is 11.8 Å². The molecule has 2 heterocycles. The average molecular weight is 214 g/mol. The maximum atomic E-state index is 12.0. The molecule has 80 valence electrons. The van der Waals surface area contributed by atoms with Crippen molar-refractivity contribution in [3.63, 3.8) is 0 Å². The van der Waals surface area contributed by atoms with E-state index in [0.717, 1.165) is 38.4 Å². The van der Waals surface area contributed by atoms with Gasteiger partial charge in [0.05, 0.1) is 0 Å². The third-order valence-corrected chi connectivity index (χ3v) is 4.15. The molecule has 3 nitrogen and oxygen atoms in total. The van der Waals surface area contributed by atoms with Gasteiger partial charge in [0.15, 0.2) is 0 Å². The predicted octanol–water partition coefficient (Wildman–Crippen LogP) is 0.561. The summed E-state index contributed by atoms with van der Waals surface area (Å²) in [5.74, 6) is 3.00. The minimum absolute atomic E-state index is 0.312. The van der Waals surface area contributed by atoms with Gasteiger partial charge in [0.1, 0.15) is 0 Å². The lowest BCUT2D eigenvalue weighted by Crippen LogP contribution is -2.49. The van der Waals surface area contributed by atoms with Gasteiger partial charge in [-0.2, -0.15) is 11.8 Å². The van der Waals surface area contributed by atoms with Gasteiger partial charge in [-0.25, -0.2) is 0 Å². The molecule has 0 bridgehead atoms. The first-order valence-electron chi connectivity index (χ1n) is 5.45. The van der Waals surface area contributed by atoms with Crippen LogP contribution in [0.1, 0.15) is 12.8 Å². The van der Waals surface area contributed by atoms with E-state index in [9.17, 15) is 4.79 Å². The van der Waals surface area contributed by atoms with E-state index in [1.165, 1.54) is 12.2 Å². The maximum absolute atomic E-state index is 12.0. The van der Waals surface area contributed by atoms with Crippen LogP contribution in [0.15, 0.2) is 0 Å². The smallest absolute Gasteiger partial charge is 0.226 e. The van der Waals surface area contributed by atoms with Crippen LogP contribution in [-0.2, 0) is 4.79 Å². The van der Waals surface area contributed by atoms with Gasteiger partial charge in [0.25, 0.3) is 0 Å². The minimum Gasteiger partial charge on any atom is -0.340 e. The van der Waals surface area contributed by atoms with Gasteiger partial charge >= 0.3 is 0 Å². The Morgan fingerprint density at radius 1 is 1.36 bits per heavy atom. The lowest BCUT2D eigenvalue weighted by atomic mass is 10.0. The summed E-state index contributed by atoms with van der Waals surface area (Å²) in [6.45, 7) is 3.73. The van der Waals surface area contributed by atoms with E-state index in [-0.39, 0.29) is 0 Å². The largest absolute Gasteiger partial charge is 0.340 e. The highest BCUT2D eigenvalue weighted by atomic mass is 32.2. The monoisotopic (exact) mass is 214 g/mol. The highest BCUT2D eigenvalue weighted by molar-refractivity contribution is 7.99. The van der Waals surface area contributed by atoms with E-state index in [1.54, 1.807) is 0 Å². The maximum Gasteiger partial charge on any atom is 0.226 e.